The highest BCUT2D eigenvalue weighted by Crippen LogP contribution is 2.44. The van der Waals surface area contributed by atoms with Crippen molar-refractivity contribution in [3.63, 3.8) is 0 Å². The largest absolute Gasteiger partial charge is 0.453 e. The summed E-state index contributed by atoms with van der Waals surface area (Å²) in [6.45, 7) is 0.177. The van der Waals surface area contributed by atoms with Gasteiger partial charge in [0.15, 0.2) is 18.1 Å². The molecule has 0 saturated heterocycles. The highest BCUT2D eigenvalue weighted by molar-refractivity contribution is 5.89. The summed E-state index contributed by atoms with van der Waals surface area (Å²) in [6, 6.07) is 0.501. The second kappa shape index (κ2) is 5.97. The lowest BCUT2D eigenvalue weighted by Gasteiger charge is -2.09. The monoisotopic (exact) mass is 341 g/mol. The number of rotatable bonds is 5. The summed E-state index contributed by atoms with van der Waals surface area (Å²) in [5, 5.41) is 15.9. The Morgan fingerprint density at radius 2 is 1.96 bits per heavy atom. The fourth-order valence-corrected chi connectivity index (χ4v) is 3.81. The molecule has 2 heterocycles. The highest BCUT2D eigenvalue weighted by Gasteiger charge is 2.36. The minimum Gasteiger partial charge on any atom is -0.453 e. The normalized spacial score (nSPS) is 20.2. The SMILES string of the molecule is O=C(OCc1nnc(C2CC2)n1C1CC1)c1n[nH]c2c1CCCCC2. The van der Waals surface area contributed by atoms with Crippen LogP contribution >= 0.6 is 0 Å². The molecule has 3 aliphatic carbocycles. The third-order valence-corrected chi connectivity index (χ3v) is 5.48. The van der Waals surface area contributed by atoms with E-state index >= 15 is 0 Å². The van der Waals surface area contributed by atoms with Gasteiger partial charge in [0.05, 0.1) is 0 Å². The molecule has 2 fully saturated rings. The average Bonchev–Trinajstić information content (AvgIpc) is 3.54. The minimum atomic E-state index is -0.349. The van der Waals surface area contributed by atoms with Crippen LogP contribution in [-0.2, 0) is 24.2 Å². The van der Waals surface area contributed by atoms with Crippen molar-refractivity contribution < 1.29 is 9.53 Å². The van der Waals surface area contributed by atoms with Gasteiger partial charge >= 0.3 is 5.97 Å². The van der Waals surface area contributed by atoms with E-state index < -0.39 is 0 Å². The first-order valence-electron chi connectivity index (χ1n) is 9.48. The molecule has 0 bridgehead atoms. The number of carbonyl (C=O) groups excluding carboxylic acids is 1. The third kappa shape index (κ3) is 2.85. The Balaban J connectivity index is 1.32. The summed E-state index contributed by atoms with van der Waals surface area (Å²) < 4.78 is 7.78. The first kappa shape index (κ1) is 15.1. The number of carbonyl (C=O) groups is 1. The molecule has 25 heavy (non-hydrogen) atoms. The molecule has 5 rings (SSSR count). The second-order valence-corrected chi connectivity index (χ2v) is 7.52. The molecule has 7 nitrogen and oxygen atoms in total. The molecule has 0 amide bonds. The molecule has 0 aliphatic heterocycles. The van der Waals surface area contributed by atoms with Gasteiger partial charge in [-0.05, 0) is 51.4 Å². The van der Waals surface area contributed by atoms with Gasteiger partial charge in [-0.2, -0.15) is 5.10 Å². The molecule has 0 spiro atoms. The van der Waals surface area contributed by atoms with Crippen LogP contribution in [-0.4, -0.2) is 30.9 Å². The number of H-pyrrole nitrogens is 1. The van der Waals surface area contributed by atoms with Crippen LogP contribution in [0.1, 0.15) is 90.3 Å². The molecular formula is C18H23N5O2. The first-order valence-corrected chi connectivity index (χ1v) is 9.48. The molecule has 1 N–H and O–H groups in total. The van der Waals surface area contributed by atoms with Crippen LogP contribution in [0.15, 0.2) is 0 Å². The lowest BCUT2D eigenvalue weighted by molar-refractivity contribution is 0.0449. The van der Waals surface area contributed by atoms with Gasteiger partial charge in [-0.25, -0.2) is 4.79 Å². The summed E-state index contributed by atoms with van der Waals surface area (Å²) in [5.74, 6) is 2.07. The van der Waals surface area contributed by atoms with Gasteiger partial charge in [-0.1, -0.05) is 6.42 Å². The van der Waals surface area contributed by atoms with E-state index in [9.17, 15) is 4.79 Å². The number of nitrogens with zero attached hydrogens (tertiary/aromatic N) is 4. The highest BCUT2D eigenvalue weighted by atomic mass is 16.5. The van der Waals surface area contributed by atoms with Gasteiger partial charge in [0.1, 0.15) is 5.82 Å². The van der Waals surface area contributed by atoms with Gasteiger partial charge in [-0.15, -0.1) is 10.2 Å². The number of fused-ring (bicyclic) bond motifs is 1. The molecule has 2 aromatic rings. The van der Waals surface area contributed by atoms with Gasteiger partial charge < -0.3 is 9.30 Å². The van der Waals surface area contributed by atoms with Crippen LogP contribution in [0.5, 0.6) is 0 Å². The fraction of sp³-hybridized carbons (Fsp3) is 0.667. The molecule has 0 radical (unpaired) electrons. The first-order chi connectivity index (χ1) is 12.3. The number of esters is 1. The maximum Gasteiger partial charge on any atom is 0.359 e. The van der Waals surface area contributed by atoms with Crippen molar-refractivity contribution in [1.82, 2.24) is 25.0 Å². The number of aromatic amines is 1. The summed E-state index contributed by atoms with van der Waals surface area (Å²) in [7, 11) is 0. The van der Waals surface area contributed by atoms with Gasteiger partial charge in [0.2, 0.25) is 0 Å². The fourth-order valence-electron chi connectivity index (χ4n) is 3.81. The van der Waals surface area contributed by atoms with E-state index in [1.807, 2.05) is 0 Å². The Morgan fingerprint density at radius 1 is 1.12 bits per heavy atom. The third-order valence-electron chi connectivity index (χ3n) is 5.48. The molecule has 132 valence electrons. The van der Waals surface area contributed by atoms with Gasteiger partial charge in [-0.3, -0.25) is 5.10 Å². The van der Waals surface area contributed by atoms with E-state index in [1.165, 1.54) is 32.1 Å². The minimum absolute atomic E-state index is 0.177. The topological polar surface area (TPSA) is 85.7 Å². The Labute approximate surface area is 146 Å². The number of hydrogen-bond donors (Lipinski definition) is 1. The number of nitrogens with one attached hydrogen (secondary N) is 1. The van der Waals surface area contributed by atoms with E-state index in [0.29, 0.717) is 17.7 Å². The second-order valence-electron chi connectivity index (χ2n) is 7.52. The number of hydrogen-bond acceptors (Lipinski definition) is 5. The van der Waals surface area contributed by atoms with E-state index in [4.69, 9.17) is 4.74 Å². The lowest BCUT2D eigenvalue weighted by atomic mass is 10.1. The molecule has 2 saturated carbocycles. The molecule has 7 heteroatoms. The van der Waals surface area contributed by atoms with Crippen LogP contribution < -0.4 is 0 Å². The van der Waals surface area contributed by atoms with Crippen molar-refractivity contribution in [2.45, 2.75) is 76.4 Å². The van der Waals surface area contributed by atoms with Crippen LogP contribution in [0.25, 0.3) is 0 Å². The average molecular weight is 341 g/mol. The van der Waals surface area contributed by atoms with Crippen molar-refractivity contribution in [2.24, 2.45) is 0 Å². The molecular weight excluding hydrogens is 318 g/mol. The lowest BCUT2D eigenvalue weighted by Crippen LogP contribution is -2.12. The van der Waals surface area contributed by atoms with Crippen LogP contribution in [0.3, 0.4) is 0 Å². The van der Waals surface area contributed by atoms with E-state index in [0.717, 1.165) is 48.6 Å². The summed E-state index contributed by atoms with van der Waals surface area (Å²) in [4.78, 5) is 12.6. The Hall–Kier alpha value is -2.18. The number of aryl methyl sites for hydroxylation is 1. The number of ether oxygens (including phenoxy) is 1. The molecule has 0 aromatic carbocycles. The van der Waals surface area contributed by atoms with E-state index in [2.05, 4.69) is 25.0 Å². The zero-order chi connectivity index (χ0) is 16.8. The van der Waals surface area contributed by atoms with Crippen LogP contribution in [0.2, 0.25) is 0 Å². The molecule has 3 aliphatic rings. The van der Waals surface area contributed by atoms with Crippen LogP contribution in [0, 0.1) is 0 Å². The maximum atomic E-state index is 12.6. The quantitative estimate of drug-likeness (QED) is 0.667. The van der Waals surface area contributed by atoms with Gasteiger partial charge in [0.25, 0.3) is 0 Å². The number of aromatic nitrogens is 5. The van der Waals surface area contributed by atoms with Crippen molar-refractivity contribution in [1.29, 1.82) is 0 Å². The predicted octanol–water partition coefficient (Wildman–Crippen LogP) is 2.84. The summed E-state index contributed by atoms with van der Waals surface area (Å²) in [6.07, 6.45) is 10.1. The van der Waals surface area contributed by atoms with Crippen molar-refractivity contribution in [3.8, 4) is 0 Å². The maximum absolute atomic E-state index is 12.6. The summed E-state index contributed by atoms with van der Waals surface area (Å²) in [5.41, 5.74) is 2.60. The van der Waals surface area contributed by atoms with E-state index in [1.54, 1.807) is 0 Å². The van der Waals surface area contributed by atoms with Crippen LogP contribution in [0.4, 0.5) is 0 Å². The van der Waals surface area contributed by atoms with Gasteiger partial charge in [0, 0.05) is 23.2 Å². The van der Waals surface area contributed by atoms with E-state index in [-0.39, 0.29) is 12.6 Å². The summed E-state index contributed by atoms with van der Waals surface area (Å²) >= 11 is 0. The molecule has 0 unspecified atom stereocenters. The Morgan fingerprint density at radius 3 is 2.76 bits per heavy atom. The Bertz CT molecular complexity index is 800. The van der Waals surface area contributed by atoms with Crippen molar-refractivity contribution >= 4 is 5.97 Å². The van der Waals surface area contributed by atoms with Crippen molar-refractivity contribution in [2.75, 3.05) is 0 Å². The molecule has 2 aromatic heterocycles. The smallest absolute Gasteiger partial charge is 0.359 e. The van der Waals surface area contributed by atoms with Crippen molar-refractivity contribution in [3.05, 3.63) is 28.6 Å². The zero-order valence-electron chi connectivity index (χ0n) is 14.3. The molecule has 0 atom stereocenters. The standard InChI is InChI=1S/C18H23N5O2/c24-18(16-13-4-2-1-3-5-14(13)19-21-16)25-10-15-20-22-17(11-6-7-11)23(15)12-8-9-12/h11-12H,1-10H2,(H,19,21). The predicted molar refractivity (Wildman–Crippen MR) is 89.2 cm³/mol. The zero-order valence-corrected chi connectivity index (χ0v) is 14.3. The Kier molecular flexibility index (Phi) is 3.60.